The van der Waals surface area contributed by atoms with Gasteiger partial charge < -0.3 is 14.4 Å². The molecule has 2 aromatic rings. The fourth-order valence-corrected chi connectivity index (χ4v) is 2.81. The average molecular weight is 436 g/mol. The lowest BCUT2D eigenvalue weighted by Gasteiger charge is -2.20. The number of ether oxygens (including phenoxy) is 2. The molecule has 0 aromatic heterocycles. The highest BCUT2D eigenvalue weighted by atomic mass is 35.5. The van der Waals surface area contributed by atoms with Crippen molar-refractivity contribution in [3.63, 3.8) is 0 Å². The summed E-state index contributed by atoms with van der Waals surface area (Å²) in [6, 6.07) is 9.98. The molecule has 0 fully saturated rings. The van der Waals surface area contributed by atoms with Gasteiger partial charge in [-0.1, -0.05) is 35.3 Å². The van der Waals surface area contributed by atoms with Gasteiger partial charge in [0.05, 0.1) is 16.7 Å². The van der Waals surface area contributed by atoms with Gasteiger partial charge in [0.1, 0.15) is 0 Å². The molecule has 0 bridgehead atoms. The molecule has 2 rings (SSSR count). The summed E-state index contributed by atoms with van der Waals surface area (Å²) < 4.78 is 11.4. The summed E-state index contributed by atoms with van der Waals surface area (Å²) >= 11 is 11.8. The molecule has 0 aliphatic carbocycles. The standard InChI is InChI=1S/C22H23Cl2NO4/c1-5-28-21-12-15(7-11-20(21)29-14(2)22(27)25(3)4)6-10-19(26)16-8-9-17(23)18(24)13-16/h6-14H,5H2,1-4H3/b10-6+. The number of halogens is 2. The van der Waals surface area contributed by atoms with E-state index in [1.807, 2.05) is 6.92 Å². The highest BCUT2D eigenvalue weighted by Crippen LogP contribution is 2.30. The minimum atomic E-state index is -0.651. The molecular formula is C22H23Cl2NO4. The first-order valence-electron chi connectivity index (χ1n) is 9.05. The number of carbonyl (C=O) groups excluding carboxylic acids is 2. The van der Waals surface area contributed by atoms with Gasteiger partial charge in [-0.25, -0.2) is 0 Å². The van der Waals surface area contributed by atoms with Crippen LogP contribution in [0.3, 0.4) is 0 Å². The maximum atomic E-state index is 12.4. The third-order valence-corrected chi connectivity index (χ3v) is 4.73. The van der Waals surface area contributed by atoms with Crippen LogP contribution in [0.25, 0.3) is 6.08 Å². The van der Waals surface area contributed by atoms with E-state index in [1.54, 1.807) is 57.4 Å². The summed E-state index contributed by atoms with van der Waals surface area (Å²) in [5.74, 6) is 0.605. The smallest absolute Gasteiger partial charge is 0.262 e. The molecule has 7 heteroatoms. The van der Waals surface area contributed by atoms with Crippen molar-refractivity contribution in [3.05, 3.63) is 63.6 Å². The first-order valence-corrected chi connectivity index (χ1v) is 9.80. The largest absolute Gasteiger partial charge is 0.490 e. The molecule has 1 amide bonds. The molecule has 0 radical (unpaired) electrons. The van der Waals surface area contributed by atoms with Crippen molar-refractivity contribution in [3.8, 4) is 11.5 Å². The van der Waals surface area contributed by atoms with Crippen LogP contribution in [0.5, 0.6) is 11.5 Å². The summed E-state index contributed by atoms with van der Waals surface area (Å²) in [4.78, 5) is 25.9. The number of ketones is 1. The Morgan fingerprint density at radius 3 is 2.41 bits per heavy atom. The van der Waals surface area contributed by atoms with E-state index < -0.39 is 6.10 Å². The van der Waals surface area contributed by atoms with Gasteiger partial charge in [0, 0.05) is 19.7 Å². The van der Waals surface area contributed by atoms with Crippen LogP contribution in [0.1, 0.15) is 29.8 Å². The van der Waals surface area contributed by atoms with Crippen LogP contribution < -0.4 is 9.47 Å². The van der Waals surface area contributed by atoms with Crippen molar-refractivity contribution in [2.24, 2.45) is 0 Å². The van der Waals surface area contributed by atoms with Crippen LogP contribution in [-0.4, -0.2) is 43.4 Å². The van der Waals surface area contributed by atoms with Crippen molar-refractivity contribution in [1.82, 2.24) is 4.90 Å². The van der Waals surface area contributed by atoms with Crippen LogP contribution in [0.2, 0.25) is 10.0 Å². The number of hydrogen-bond acceptors (Lipinski definition) is 4. The van der Waals surface area contributed by atoms with E-state index in [1.165, 1.54) is 17.0 Å². The van der Waals surface area contributed by atoms with Gasteiger partial charge in [-0.05, 0) is 55.8 Å². The molecule has 0 heterocycles. The lowest BCUT2D eigenvalue weighted by molar-refractivity contribution is -0.135. The zero-order chi connectivity index (χ0) is 21.6. The number of carbonyl (C=O) groups is 2. The van der Waals surface area contributed by atoms with Crippen molar-refractivity contribution >= 4 is 41.0 Å². The third kappa shape index (κ3) is 6.24. The van der Waals surface area contributed by atoms with Gasteiger partial charge in [-0.3, -0.25) is 9.59 Å². The molecule has 154 valence electrons. The number of rotatable bonds is 8. The van der Waals surface area contributed by atoms with E-state index in [-0.39, 0.29) is 11.7 Å². The number of benzene rings is 2. The highest BCUT2D eigenvalue weighted by Gasteiger charge is 2.18. The number of amides is 1. The maximum Gasteiger partial charge on any atom is 0.262 e. The Kier molecular flexibility index (Phi) is 8.11. The topological polar surface area (TPSA) is 55.8 Å². The SMILES string of the molecule is CCOc1cc(/C=C/C(=O)c2ccc(Cl)c(Cl)c2)ccc1OC(C)C(=O)N(C)C. The molecule has 0 saturated carbocycles. The molecule has 5 nitrogen and oxygen atoms in total. The van der Waals surface area contributed by atoms with E-state index >= 15 is 0 Å². The summed E-state index contributed by atoms with van der Waals surface area (Å²) in [5, 5.41) is 0.721. The predicted octanol–water partition coefficient (Wildman–Crippen LogP) is 5.14. The second-order valence-corrected chi connectivity index (χ2v) is 7.27. The first kappa shape index (κ1) is 22.8. The Bertz CT molecular complexity index is 925. The highest BCUT2D eigenvalue weighted by molar-refractivity contribution is 6.42. The van der Waals surface area contributed by atoms with E-state index in [0.717, 1.165) is 5.56 Å². The van der Waals surface area contributed by atoms with E-state index in [0.29, 0.717) is 33.7 Å². The fraction of sp³-hybridized carbons (Fsp3) is 0.273. The zero-order valence-corrected chi connectivity index (χ0v) is 18.3. The van der Waals surface area contributed by atoms with Crippen LogP contribution in [0, 0.1) is 0 Å². The van der Waals surface area contributed by atoms with Gasteiger partial charge in [0.25, 0.3) is 5.91 Å². The zero-order valence-electron chi connectivity index (χ0n) is 16.7. The van der Waals surface area contributed by atoms with Crippen LogP contribution in [0.15, 0.2) is 42.5 Å². The summed E-state index contributed by atoms with van der Waals surface area (Å²) in [5.41, 5.74) is 1.19. The molecular weight excluding hydrogens is 413 g/mol. The van der Waals surface area contributed by atoms with Crippen molar-refractivity contribution in [2.75, 3.05) is 20.7 Å². The Morgan fingerprint density at radius 1 is 1.07 bits per heavy atom. The van der Waals surface area contributed by atoms with Gasteiger partial charge in [-0.15, -0.1) is 0 Å². The van der Waals surface area contributed by atoms with Crippen molar-refractivity contribution in [1.29, 1.82) is 0 Å². The normalized spacial score (nSPS) is 11.9. The van der Waals surface area contributed by atoms with Crippen LogP contribution in [-0.2, 0) is 4.79 Å². The van der Waals surface area contributed by atoms with E-state index in [4.69, 9.17) is 32.7 Å². The Hall–Kier alpha value is -2.50. The average Bonchev–Trinajstić information content (AvgIpc) is 2.69. The van der Waals surface area contributed by atoms with Gasteiger partial charge in [-0.2, -0.15) is 0 Å². The van der Waals surface area contributed by atoms with Crippen LogP contribution >= 0.6 is 23.2 Å². The Balaban J connectivity index is 2.20. The minimum Gasteiger partial charge on any atom is -0.490 e. The molecule has 29 heavy (non-hydrogen) atoms. The summed E-state index contributed by atoms with van der Waals surface area (Å²) in [6.45, 7) is 3.97. The number of allylic oxidation sites excluding steroid dienone is 1. The molecule has 1 unspecified atom stereocenters. The monoisotopic (exact) mass is 435 g/mol. The molecule has 0 N–H and O–H groups in total. The number of likely N-dealkylation sites (N-methyl/N-ethyl adjacent to an activating group) is 1. The second kappa shape index (κ2) is 10.3. The molecule has 0 spiro atoms. The number of hydrogen-bond donors (Lipinski definition) is 0. The Morgan fingerprint density at radius 2 is 1.79 bits per heavy atom. The summed E-state index contributed by atoms with van der Waals surface area (Å²) in [6.07, 6.45) is 2.47. The van der Waals surface area contributed by atoms with E-state index in [9.17, 15) is 9.59 Å². The molecule has 0 aliphatic rings. The van der Waals surface area contributed by atoms with Crippen molar-refractivity contribution < 1.29 is 19.1 Å². The lowest BCUT2D eigenvalue weighted by Crippen LogP contribution is -2.35. The summed E-state index contributed by atoms with van der Waals surface area (Å²) in [7, 11) is 3.34. The minimum absolute atomic E-state index is 0.149. The fourth-order valence-electron chi connectivity index (χ4n) is 2.52. The molecule has 0 aliphatic heterocycles. The van der Waals surface area contributed by atoms with Crippen LogP contribution in [0.4, 0.5) is 0 Å². The third-order valence-electron chi connectivity index (χ3n) is 3.99. The van der Waals surface area contributed by atoms with Crippen molar-refractivity contribution in [2.45, 2.75) is 20.0 Å². The number of nitrogens with zero attached hydrogens (tertiary/aromatic N) is 1. The molecule has 1 atom stereocenters. The predicted molar refractivity (Wildman–Crippen MR) is 116 cm³/mol. The van der Waals surface area contributed by atoms with Gasteiger partial charge in [0.2, 0.25) is 0 Å². The quantitative estimate of drug-likeness (QED) is 0.425. The maximum absolute atomic E-state index is 12.4. The molecule has 2 aromatic carbocycles. The molecule has 0 saturated heterocycles. The lowest BCUT2D eigenvalue weighted by atomic mass is 10.1. The second-order valence-electron chi connectivity index (χ2n) is 6.46. The Labute approximate surface area is 180 Å². The first-order chi connectivity index (χ1) is 13.7. The van der Waals surface area contributed by atoms with Gasteiger partial charge in [0.15, 0.2) is 23.4 Å². The van der Waals surface area contributed by atoms with Gasteiger partial charge >= 0.3 is 0 Å². The van der Waals surface area contributed by atoms with E-state index in [2.05, 4.69) is 0 Å².